The van der Waals surface area contributed by atoms with Gasteiger partial charge in [-0.15, -0.1) is 11.3 Å². The summed E-state index contributed by atoms with van der Waals surface area (Å²) in [7, 11) is 0. The maximum absolute atomic E-state index is 11.4. The molecule has 0 saturated carbocycles. The molecule has 0 bridgehead atoms. The molecule has 21 heavy (non-hydrogen) atoms. The molecule has 1 saturated heterocycles. The molecule has 0 spiro atoms. The van der Waals surface area contributed by atoms with Crippen molar-refractivity contribution >= 4 is 22.4 Å². The lowest BCUT2D eigenvalue weighted by Gasteiger charge is -2.35. The molecule has 4 nitrogen and oxygen atoms in total. The van der Waals surface area contributed by atoms with Crippen LogP contribution in [0.2, 0.25) is 0 Å². The van der Waals surface area contributed by atoms with Crippen molar-refractivity contribution in [2.45, 2.75) is 64.8 Å². The number of ether oxygens (including phenoxy) is 1. The van der Waals surface area contributed by atoms with Crippen LogP contribution in [-0.2, 0) is 16.0 Å². The first-order valence-electron chi connectivity index (χ1n) is 8.11. The van der Waals surface area contributed by atoms with Crippen LogP contribution in [0.4, 0.5) is 5.13 Å². The second-order valence-electron chi connectivity index (χ2n) is 5.56. The van der Waals surface area contributed by atoms with Crippen molar-refractivity contribution in [3.63, 3.8) is 0 Å². The van der Waals surface area contributed by atoms with Crippen LogP contribution in [0.15, 0.2) is 5.38 Å². The van der Waals surface area contributed by atoms with Gasteiger partial charge in [0, 0.05) is 24.4 Å². The van der Waals surface area contributed by atoms with Crippen molar-refractivity contribution in [3.8, 4) is 0 Å². The largest absolute Gasteiger partial charge is 0.466 e. The highest BCUT2D eigenvalue weighted by Crippen LogP contribution is 2.30. The molecule has 2 rings (SSSR count). The second-order valence-corrected chi connectivity index (χ2v) is 6.39. The molecule has 1 unspecified atom stereocenters. The predicted octanol–water partition coefficient (Wildman–Crippen LogP) is 3.80. The zero-order valence-electron chi connectivity index (χ0n) is 13.1. The molecular formula is C16H26N2O2S. The van der Waals surface area contributed by atoms with Crippen LogP contribution in [0.5, 0.6) is 0 Å². The first-order chi connectivity index (χ1) is 10.2. The summed E-state index contributed by atoms with van der Waals surface area (Å²) in [4.78, 5) is 18.6. The number of hydrogen-bond acceptors (Lipinski definition) is 5. The number of esters is 1. The van der Waals surface area contributed by atoms with Crippen molar-refractivity contribution < 1.29 is 9.53 Å². The van der Waals surface area contributed by atoms with E-state index in [1.807, 2.05) is 6.92 Å². The highest BCUT2D eigenvalue weighted by Gasteiger charge is 2.24. The van der Waals surface area contributed by atoms with Crippen LogP contribution < -0.4 is 4.90 Å². The van der Waals surface area contributed by atoms with Gasteiger partial charge in [-0.3, -0.25) is 4.79 Å². The van der Waals surface area contributed by atoms with E-state index in [1.165, 1.54) is 32.1 Å². The number of carbonyl (C=O) groups is 1. The molecule has 2 heterocycles. The van der Waals surface area contributed by atoms with Gasteiger partial charge in [-0.25, -0.2) is 4.98 Å². The normalized spacial score (nSPS) is 18.8. The number of thiazole rings is 1. The third kappa shape index (κ3) is 4.70. The summed E-state index contributed by atoms with van der Waals surface area (Å²) in [6.45, 7) is 5.66. The van der Waals surface area contributed by atoms with Crippen molar-refractivity contribution in [2.75, 3.05) is 18.1 Å². The third-order valence-corrected chi connectivity index (χ3v) is 4.85. The first-order valence-corrected chi connectivity index (χ1v) is 8.99. The molecule has 118 valence electrons. The number of anilines is 1. The minimum Gasteiger partial charge on any atom is -0.466 e. The smallest absolute Gasteiger partial charge is 0.306 e. The zero-order valence-corrected chi connectivity index (χ0v) is 14.0. The van der Waals surface area contributed by atoms with Crippen molar-refractivity contribution in [2.24, 2.45) is 0 Å². The van der Waals surface area contributed by atoms with E-state index in [1.54, 1.807) is 11.3 Å². The number of carbonyl (C=O) groups excluding carboxylic acids is 1. The lowest BCUT2D eigenvalue weighted by atomic mass is 9.99. The molecule has 1 aromatic heterocycles. The average Bonchev–Trinajstić information content (AvgIpc) is 2.95. The van der Waals surface area contributed by atoms with Gasteiger partial charge < -0.3 is 9.64 Å². The number of rotatable bonds is 7. The van der Waals surface area contributed by atoms with E-state index in [-0.39, 0.29) is 5.97 Å². The third-order valence-electron chi connectivity index (χ3n) is 3.92. The molecule has 0 N–H and O–H groups in total. The van der Waals surface area contributed by atoms with Gasteiger partial charge in [0.1, 0.15) is 0 Å². The molecule has 1 atom stereocenters. The molecule has 1 aliphatic heterocycles. The summed E-state index contributed by atoms with van der Waals surface area (Å²) >= 11 is 1.71. The number of piperidine rings is 1. The fraction of sp³-hybridized carbons (Fsp3) is 0.750. The van der Waals surface area contributed by atoms with Gasteiger partial charge >= 0.3 is 5.97 Å². The van der Waals surface area contributed by atoms with E-state index >= 15 is 0 Å². The Hall–Kier alpha value is -1.10. The Kier molecular flexibility index (Phi) is 6.49. The molecule has 5 heteroatoms. The highest BCUT2D eigenvalue weighted by atomic mass is 32.1. The van der Waals surface area contributed by atoms with Gasteiger partial charge in [-0.05, 0) is 32.6 Å². The van der Waals surface area contributed by atoms with E-state index in [4.69, 9.17) is 9.72 Å². The monoisotopic (exact) mass is 310 g/mol. The standard InChI is InChI=1S/C16H26N2O2S/c1-3-7-14-8-5-6-11-18(14)16-17-13(12-21-16)9-10-15(19)20-4-2/h12,14H,3-11H2,1-2H3. The first kappa shape index (κ1) is 16.3. The maximum atomic E-state index is 11.4. The molecule has 0 aromatic carbocycles. The van der Waals surface area contributed by atoms with Crippen LogP contribution >= 0.6 is 11.3 Å². The van der Waals surface area contributed by atoms with Crippen molar-refractivity contribution in [3.05, 3.63) is 11.1 Å². The molecule has 1 fully saturated rings. The number of hydrogen-bond donors (Lipinski definition) is 0. The Balaban J connectivity index is 1.93. The van der Waals surface area contributed by atoms with Crippen molar-refractivity contribution in [1.29, 1.82) is 0 Å². The average molecular weight is 310 g/mol. The summed E-state index contributed by atoms with van der Waals surface area (Å²) in [5.74, 6) is -0.131. The Bertz CT molecular complexity index is 445. The van der Waals surface area contributed by atoms with E-state index in [0.717, 1.165) is 17.4 Å². The second kappa shape index (κ2) is 8.37. The topological polar surface area (TPSA) is 42.4 Å². The molecular weight excluding hydrogens is 284 g/mol. The minimum absolute atomic E-state index is 0.131. The van der Waals surface area contributed by atoms with Gasteiger partial charge in [0.05, 0.1) is 18.7 Å². The SMILES string of the molecule is CCCC1CCCCN1c1nc(CCC(=O)OCC)cs1. The Morgan fingerprint density at radius 1 is 1.48 bits per heavy atom. The summed E-state index contributed by atoms with van der Waals surface area (Å²) in [5, 5.41) is 3.22. The van der Waals surface area contributed by atoms with Gasteiger partial charge in [0.25, 0.3) is 0 Å². The highest BCUT2D eigenvalue weighted by molar-refractivity contribution is 7.13. The van der Waals surface area contributed by atoms with Gasteiger partial charge in [-0.2, -0.15) is 0 Å². The Labute approximate surface area is 131 Å². The zero-order chi connectivity index (χ0) is 15.1. The minimum atomic E-state index is -0.131. The molecule has 0 aliphatic carbocycles. The number of aryl methyl sites for hydroxylation is 1. The van der Waals surface area contributed by atoms with Crippen LogP contribution in [-0.4, -0.2) is 30.1 Å². The number of nitrogens with zero attached hydrogens (tertiary/aromatic N) is 2. The van der Waals surface area contributed by atoms with E-state index in [2.05, 4.69) is 17.2 Å². The summed E-state index contributed by atoms with van der Waals surface area (Å²) < 4.78 is 4.96. The summed E-state index contributed by atoms with van der Waals surface area (Å²) in [6, 6.07) is 0.646. The molecule has 0 amide bonds. The fourth-order valence-corrected chi connectivity index (χ4v) is 3.85. The van der Waals surface area contributed by atoms with Crippen LogP contribution in [0.25, 0.3) is 0 Å². The summed E-state index contributed by atoms with van der Waals surface area (Å²) in [5.41, 5.74) is 1.02. The van der Waals surface area contributed by atoms with E-state index in [9.17, 15) is 4.79 Å². The predicted molar refractivity (Wildman–Crippen MR) is 87.0 cm³/mol. The summed E-state index contributed by atoms with van der Waals surface area (Å²) in [6.07, 6.45) is 7.46. The van der Waals surface area contributed by atoms with E-state index in [0.29, 0.717) is 25.5 Å². The number of aromatic nitrogens is 1. The van der Waals surface area contributed by atoms with Gasteiger partial charge in [0.2, 0.25) is 0 Å². The Morgan fingerprint density at radius 3 is 3.10 bits per heavy atom. The van der Waals surface area contributed by atoms with Crippen LogP contribution in [0.1, 0.15) is 58.1 Å². The van der Waals surface area contributed by atoms with Gasteiger partial charge in [-0.1, -0.05) is 13.3 Å². The van der Waals surface area contributed by atoms with E-state index < -0.39 is 0 Å². The lowest BCUT2D eigenvalue weighted by Crippen LogP contribution is -2.39. The quantitative estimate of drug-likeness (QED) is 0.718. The Morgan fingerprint density at radius 2 is 2.33 bits per heavy atom. The lowest BCUT2D eigenvalue weighted by molar-refractivity contribution is -0.143. The van der Waals surface area contributed by atoms with Crippen LogP contribution in [0, 0.1) is 0 Å². The molecule has 0 radical (unpaired) electrons. The van der Waals surface area contributed by atoms with Crippen LogP contribution in [0.3, 0.4) is 0 Å². The molecule has 1 aliphatic rings. The molecule has 1 aromatic rings. The fourth-order valence-electron chi connectivity index (χ4n) is 2.89. The maximum Gasteiger partial charge on any atom is 0.306 e. The van der Waals surface area contributed by atoms with Gasteiger partial charge in [0.15, 0.2) is 5.13 Å². The van der Waals surface area contributed by atoms with Crippen molar-refractivity contribution in [1.82, 2.24) is 4.98 Å².